The van der Waals surface area contributed by atoms with Crippen molar-refractivity contribution >= 4 is 47.8 Å². The molecule has 0 bridgehead atoms. The van der Waals surface area contributed by atoms with E-state index in [9.17, 15) is 0 Å². The van der Waals surface area contributed by atoms with E-state index in [2.05, 4.69) is 47.8 Å². The van der Waals surface area contributed by atoms with E-state index < -0.39 is 0 Å². The van der Waals surface area contributed by atoms with Gasteiger partial charge in [-0.3, -0.25) is 0 Å². The first-order valence-corrected chi connectivity index (χ1v) is 10.0. The van der Waals surface area contributed by atoms with Gasteiger partial charge in [-0.1, -0.05) is 59.9 Å². The first-order chi connectivity index (χ1) is 11.0. The van der Waals surface area contributed by atoms with Crippen molar-refractivity contribution in [2.75, 3.05) is 0 Å². The Balaban J connectivity index is 0.000000140. The van der Waals surface area contributed by atoms with E-state index >= 15 is 0 Å². The van der Waals surface area contributed by atoms with Gasteiger partial charge in [-0.15, -0.1) is 0 Å². The SMILES string of the molecule is BrC1CC1.Brc1cccc(OC2CC2)c1.Oc1cccc(Br)c1. The van der Waals surface area contributed by atoms with Crippen LogP contribution < -0.4 is 4.74 Å². The Hall–Kier alpha value is -0.520. The fraction of sp³-hybridized carbons (Fsp3) is 0.333. The Morgan fingerprint density at radius 3 is 1.83 bits per heavy atom. The van der Waals surface area contributed by atoms with Crippen LogP contribution in [0.4, 0.5) is 0 Å². The summed E-state index contributed by atoms with van der Waals surface area (Å²) < 4.78 is 7.56. The number of hydrogen-bond acceptors (Lipinski definition) is 2. The topological polar surface area (TPSA) is 29.5 Å². The number of phenolic OH excluding ortho intramolecular Hbond substituents is 1. The molecular formula is C18H19Br3O2. The summed E-state index contributed by atoms with van der Waals surface area (Å²) in [5.41, 5.74) is 0. The molecular weight excluding hydrogens is 488 g/mol. The van der Waals surface area contributed by atoms with Crippen LogP contribution in [-0.2, 0) is 0 Å². The third-order valence-electron chi connectivity index (χ3n) is 2.94. The lowest BCUT2D eigenvalue weighted by atomic mass is 10.3. The van der Waals surface area contributed by atoms with Gasteiger partial charge in [0.1, 0.15) is 11.5 Å². The quantitative estimate of drug-likeness (QED) is 0.460. The lowest BCUT2D eigenvalue weighted by Gasteiger charge is -2.02. The van der Waals surface area contributed by atoms with Crippen LogP contribution in [0.5, 0.6) is 11.5 Å². The maximum Gasteiger partial charge on any atom is 0.120 e. The summed E-state index contributed by atoms with van der Waals surface area (Å²) in [6.45, 7) is 0. The zero-order valence-corrected chi connectivity index (χ0v) is 17.3. The van der Waals surface area contributed by atoms with E-state index in [4.69, 9.17) is 9.84 Å². The van der Waals surface area contributed by atoms with Crippen LogP contribution in [0.25, 0.3) is 0 Å². The van der Waals surface area contributed by atoms with Gasteiger partial charge in [-0.2, -0.15) is 0 Å². The van der Waals surface area contributed by atoms with E-state index in [1.54, 1.807) is 18.2 Å². The first-order valence-electron chi connectivity index (χ1n) is 7.54. The third-order valence-corrected chi connectivity index (χ3v) is 4.84. The van der Waals surface area contributed by atoms with Gasteiger partial charge < -0.3 is 9.84 Å². The van der Waals surface area contributed by atoms with Crippen LogP contribution in [0.3, 0.4) is 0 Å². The maximum absolute atomic E-state index is 8.78. The minimum absolute atomic E-state index is 0.291. The van der Waals surface area contributed by atoms with Crippen molar-refractivity contribution in [3.05, 3.63) is 57.5 Å². The van der Waals surface area contributed by atoms with E-state index in [0.717, 1.165) is 19.5 Å². The fourth-order valence-electron chi connectivity index (χ4n) is 1.46. The van der Waals surface area contributed by atoms with Crippen LogP contribution in [0.2, 0.25) is 0 Å². The largest absolute Gasteiger partial charge is 0.508 e. The lowest BCUT2D eigenvalue weighted by Crippen LogP contribution is -1.94. The highest BCUT2D eigenvalue weighted by Gasteiger charge is 2.23. The van der Waals surface area contributed by atoms with Crippen LogP contribution in [0.1, 0.15) is 25.7 Å². The van der Waals surface area contributed by atoms with Gasteiger partial charge in [0.25, 0.3) is 0 Å². The molecule has 2 aromatic rings. The Labute approximate surface area is 162 Å². The van der Waals surface area contributed by atoms with Gasteiger partial charge in [-0.05, 0) is 62.1 Å². The summed E-state index contributed by atoms with van der Waals surface area (Å²) in [5.74, 6) is 1.27. The molecule has 5 heteroatoms. The summed E-state index contributed by atoms with van der Waals surface area (Å²) in [5, 5.41) is 8.78. The molecule has 2 fully saturated rings. The molecule has 2 saturated carbocycles. The van der Waals surface area contributed by atoms with Gasteiger partial charge in [0.15, 0.2) is 0 Å². The maximum atomic E-state index is 8.78. The number of hydrogen-bond donors (Lipinski definition) is 1. The number of ether oxygens (including phenoxy) is 1. The summed E-state index contributed by atoms with van der Waals surface area (Å²) in [6, 6.07) is 14.9. The molecule has 0 atom stereocenters. The second-order valence-corrected chi connectivity index (χ2v) is 8.56. The summed E-state index contributed by atoms with van der Waals surface area (Å²) in [7, 11) is 0. The molecule has 0 aromatic heterocycles. The molecule has 2 aromatic carbocycles. The molecule has 2 nitrogen and oxygen atoms in total. The average molecular weight is 507 g/mol. The van der Waals surface area contributed by atoms with Crippen molar-refractivity contribution in [2.45, 2.75) is 36.6 Å². The molecule has 4 rings (SSSR count). The number of aromatic hydroxyl groups is 1. The van der Waals surface area contributed by atoms with Gasteiger partial charge in [0.2, 0.25) is 0 Å². The van der Waals surface area contributed by atoms with Crippen LogP contribution in [0.15, 0.2) is 57.5 Å². The summed E-state index contributed by atoms with van der Waals surface area (Å²) in [4.78, 5) is 0.896. The zero-order chi connectivity index (χ0) is 16.7. The predicted molar refractivity (Wildman–Crippen MR) is 106 cm³/mol. The minimum Gasteiger partial charge on any atom is -0.508 e. The van der Waals surface area contributed by atoms with Crippen molar-refractivity contribution in [3.8, 4) is 11.5 Å². The molecule has 23 heavy (non-hydrogen) atoms. The lowest BCUT2D eigenvalue weighted by molar-refractivity contribution is 0.303. The Bertz CT molecular complexity index is 593. The smallest absolute Gasteiger partial charge is 0.120 e. The number of benzene rings is 2. The molecule has 0 spiro atoms. The summed E-state index contributed by atoms with van der Waals surface area (Å²) in [6.07, 6.45) is 5.73. The monoisotopic (exact) mass is 504 g/mol. The minimum atomic E-state index is 0.291. The van der Waals surface area contributed by atoms with Gasteiger partial charge in [0.05, 0.1) is 6.10 Å². The molecule has 0 amide bonds. The standard InChI is InChI=1S/C9H9BrO.C6H5BrO.C3H5Br/c10-7-2-1-3-9(6-7)11-8-4-5-8;7-5-2-1-3-6(8)4-5;4-3-1-2-3/h1-3,6,8H,4-5H2;1-4,8H;3H,1-2H2. The third kappa shape index (κ3) is 9.38. The normalized spacial score (nSPS) is 15.6. The number of halogens is 3. The highest BCUT2D eigenvalue weighted by atomic mass is 79.9. The molecule has 0 unspecified atom stereocenters. The second-order valence-electron chi connectivity index (χ2n) is 5.43. The van der Waals surface area contributed by atoms with Crippen LogP contribution in [-0.4, -0.2) is 16.0 Å². The summed E-state index contributed by atoms with van der Waals surface area (Å²) >= 11 is 9.98. The highest BCUT2D eigenvalue weighted by Crippen LogP contribution is 2.28. The second kappa shape index (κ2) is 9.70. The fourth-order valence-corrected chi connectivity index (χ4v) is 2.49. The Kier molecular flexibility index (Phi) is 7.93. The molecule has 2 aliphatic carbocycles. The molecule has 2 aliphatic rings. The van der Waals surface area contributed by atoms with Crippen LogP contribution in [0, 0.1) is 0 Å². The molecule has 0 aliphatic heterocycles. The van der Waals surface area contributed by atoms with Gasteiger partial charge >= 0.3 is 0 Å². The predicted octanol–water partition coefficient (Wildman–Crippen LogP) is 6.69. The average Bonchev–Trinajstić information content (AvgIpc) is 3.39. The van der Waals surface area contributed by atoms with Crippen LogP contribution >= 0.6 is 47.8 Å². The van der Waals surface area contributed by atoms with E-state index in [-0.39, 0.29) is 0 Å². The van der Waals surface area contributed by atoms with E-state index in [1.165, 1.54) is 25.7 Å². The molecule has 0 saturated heterocycles. The van der Waals surface area contributed by atoms with Crippen molar-refractivity contribution in [2.24, 2.45) is 0 Å². The molecule has 0 radical (unpaired) electrons. The van der Waals surface area contributed by atoms with Gasteiger partial charge in [0, 0.05) is 13.8 Å². The van der Waals surface area contributed by atoms with Gasteiger partial charge in [-0.25, -0.2) is 0 Å². The Morgan fingerprint density at radius 2 is 1.43 bits per heavy atom. The highest BCUT2D eigenvalue weighted by molar-refractivity contribution is 9.10. The van der Waals surface area contributed by atoms with E-state index in [0.29, 0.717) is 11.9 Å². The van der Waals surface area contributed by atoms with Crippen molar-refractivity contribution in [1.29, 1.82) is 0 Å². The van der Waals surface area contributed by atoms with Crippen molar-refractivity contribution in [1.82, 2.24) is 0 Å². The number of rotatable bonds is 2. The molecule has 0 heterocycles. The van der Waals surface area contributed by atoms with Crippen molar-refractivity contribution in [3.63, 3.8) is 0 Å². The molecule has 1 N–H and O–H groups in total. The van der Waals surface area contributed by atoms with E-state index in [1.807, 2.05) is 30.3 Å². The first kappa shape index (κ1) is 18.8. The molecule has 124 valence electrons. The Morgan fingerprint density at radius 1 is 0.870 bits per heavy atom. The number of phenols is 1. The number of alkyl halides is 1. The zero-order valence-electron chi connectivity index (χ0n) is 12.6. The van der Waals surface area contributed by atoms with Crippen molar-refractivity contribution < 1.29 is 9.84 Å².